The molecule has 141 valence electrons. The molecule has 0 N–H and O–H groups in total. The van der Waals surface area contributed by atoms with Gasteiger partial charge in [0.05, 0.1) is 14.0 Å². The highest BCUT2D eigenvalue weighted by Crippen LogP contribution is 2.55. The number of thioether (sulfide) groups is 4. The lowest BCUT2D eigenvalue weighted by Gasteiger charge is -2.32. The van der Waals surface area contributed by atoms with Crippen molar-refractivity contribution in [2.24, 2.45) is 0 Å². The van der Waals surface area contributed by atoms with Gasteiger partial charge in [0.15, 0.2) is 5.54 Å². The molecule has 3 aliphatic rings. The Labute approximate surface area is 176 Å². The van der Waals surface area contributed by atoms with Gasteiger partial charge in [-0.05, 0) is 61.6 Å². The fraction of sp³-hybridized carbons (Fsp3) is 0.316. The van der Waals surface area contributed by atoms with E-state index < -0.39 is 11.1 Å². The van der Waals surface area contributed by atoms with Crippen molar-refractivity contribution in [3.8, 4) is 0 Å². The summed E-state index contributed by atoms with van der Waals surface area (Å²) in [6, 6.07) is 7.72. The first-order chi connectivity index (χ1) is 12.7. The van der Waals surface area contributed by atoms with E-state index in [-0.39, 0.29) is 5.84 Å². The van der Waals surface area contributed by atoms with Crippen molar-refractivity contribution in [1.82, 2.24) is 5.06 Å². The molecule has 27 heavy (non-hydrogen) atoms. The predicted molar refractivity (Wildman–Crippen MR) is 119 cm³/mol. The molecule has 0 aromatic heterocycles. The SMILES string of the molecule is CC1(C)N([O])C(c2ccc(C3=CSC(=C4SC=CS4)S3)cc2)=[N+]([O-])C1(C)C. The second-order valence-electron chi connectivity index (χ2n) is 7.39. The van der Waals surface area contributed by atoms with E-state index in [2.05, 4.69) is 16.2 Å². The van der Waals surface area contributed by atoms with Crippen LogP contribution in [0.5, 0.6) is 0 Å². The normalized spacial score (nSPS) is 23.6. The number of hydroxylamine groups is 3. The van der Waals surface area contributed by atoms with Crippen LogP contribution in [-0.2, 0) is 5.21 Å². The quantitative estimate of drug-likeness (QED) is 0.418. The highest BCUT2D eigenvalue weighted by Gasteiger charge is 2.59. The molecule has 0 fully saturated rings. The van der Waals surface area contributed by atoms with Gasteiger partial charge in [0.2, 0.25) is 0 Å². The number of benzene rings is 1. The molecule has 4 rings (SSSR count). The van der Waals surface area contributed by atoms with Gasteiger partial charge in [0.1, 0.15) is 5.54 Å². The Bertz CT molecular complexity index is 904. The van der Waals surface area contributed by atoms with Crippen molar-refractivity contribution in [2.75, 3.05) is 0 Å². The average Bonchev–Trinajstić information content (AvgIpc) is 3.35. The third kappa shape index (κ3) is 3.06. The van der Waals surface area contributed by atoms with Crippen LogP contribution in [0.2, 0.25) is 0 Å². The van der Waals surface area contributed by atoms with Crippen LogP contribution < -0.4 is 0 Å². The van der Waals surface area contributed by atoms with Crippen LogP contribution >= 0.6 is 47.0 Å². The smallest absolute Gasteiger partial charge is 0.316 e. The standard InChI is InChI=1S/C19H19N2O2S4/c1-18(2)19(3,4)21(23)15(20(18)22)13-7-5-12(6-8-13)14-11-26-17(27-14)16-24-9-10-25-16/h5-11H,1-4H3. The van der Waals surface area contributed by atoms with Gasteiger partial charge in [-0.1, -0.05) is 64.2 Å². The summed E-state index contributed by atoms with van der Waals surface area (Å²) in [6.07, 6.45) is 0. The molecule has 3 aliphatic heterocycles. The molecule has 0 amide bonds. The molecule has 1 aromatic rings. The monoisotopic (exact) mass is 435 g/mol. The zero-order valence-electron chi connectivity index (χ0n) is 15.4. The minimum absolute atomic E-state index is 0.187. The highest BCUT2D eigenvalue weighted by atomic mass is 32.2. The fourth-order valence-corrected chi connectivity index (χ4v) is 7.38. The third-order valence-corrected chi connectivity index (χ3v) is 10.4. The molecule has 0 bridgehead atoms. The Hall–Kier alpha value is -0.930. The second-order valence-corrected chi connectivity index (χ2v) is 11.7. The molecular formula is C19H19N2O2S4. The van der Waals surface area contributed by atoms with Gasteiger partial charge >= 0.3 is 5.84 Å². The largest absolute Gasteiger partial charge is 0.714 e. The first kappa shape index (κ1) is 19.4. The Kier molecular flexibility index (Phi) is 4.91. The van der Waals surface area contributed by atoms with Crippen LogP contribution in [0.3, 0.4) is 0 Å². The van der Waals surface area contributed by atoms with Crippen molar-refractivity contribution < 1.29 is 9.95 Å². The maximum atomic E-state index is 12.8. The maximum absolute atomic E-state index is 12.8. The van der Waals surface area contributed by atoms with Gasteiger partial charge in [0.25, 0.3) is 0 Å². The molecule has 1 aromatic carbocycles. The lowest BCUT2D eigenvalue weighted by Crippen LogP contribution is -2.53. The minimum atomic E-state index is -0.797. The minimum Gasteiger partial charge on any atom is -0.714 e. The van der Waals surface area contributed by atoms with Crippen LogP contribution in [0.1, 0.15) is 38.8 Å². The zero-order chi connectivity index (χ0) is 19.4. The molecule has 4 nitrogen and oxygen atoms in total. The van der Waals surface area contributed by atoms with Crippen LogP contribution in [0.25, 0.3) is 4.91 Å². The molecule has 0 saturated heterocycles. The highest BCUT2D eigenvalue weighted by molar-refractivity contribution is 8.35. The number of nitrogens with zero attached hydrogens (tertiary/aromatic N) is 2. The average molecular weight is 436 g/mol. The van der Waals surface area contributed by atoms with Crippen molar-refractivity contribution >= 4 is 57.8 Å². The molecule has 0 saturated carbocycles. The summed E-state index contributed by atoms with van der Waals surface area (Å²) in [7, 11) is 0. The summed E-state index contributed by atoms with van der Waals surface area (Å²) in [4.78, 5) is 1.19. The lowest BCUT2D eigenvalue weighted by atomic mass is 9.84. The van der Waals surface area contributed by atoms with Crippen LogP contribution in [0.4, 0.5) is 0 Å². The summed E-state index contributed by atoms with van der Waals surface area (Å²) >= 11 is 7.04. The number of hydrogen-bond donors (Lipinski definition) is 0. The summed E-state index contributed by atoms with van der Waals surface area (Å²) < 4.78 is 3.49. The summed E-state index contributed by atoms with van der Waals surface area (Å²) in [6.45, 7) is 7.25. The van der Waals surface area contributed by atoms with Gasteiger partial charge in [0, 0.05) is 10.1 Å². The number of rotatable bonds is 2. The van der Waals surface area contributed by atoms with E-state index in [0.29, 0.717) is 5.56 Å². The lowest BCUT2D eigenvalue weighted by molar-refractivity contribution is -0.539. The van der Waals surface area contributed by atoms with E-state index in [1.165, 1.54) is 13.4 Å². The van der Waals surface area contributed by atoms with Crippen LogP contribution in [0.15, 0.2) is 49.0 Å². The Balaban J connectivity index is 1.59. The molecule has 8 heteroatoms. The van der Waals surface area contributed by atoms with Gasteiger partial charge in [-0.15, -0.1) is 0 Å². The molecule has 0 spiro atoms. The van der Waals surface area contributed by atoms with Crippen molar-refractivity contribution in [3.63, 3.8) is 0 Å². The first-order valence-corrected chi connectivity index (χ1v) is 11.9. The molecule has 1 radical (unpaired) electrons. The van der Waals surface area contributed by atoms with Gasteiger partial charge in [-0.25, -0.2) is 0 Å². The molecule has 3 heterocycles. The maximum Gasteiger partial charge on any atom is 0.316 e. The zero-order valence-corrected chi connectivity index (χ0v) is 18.7. The summed E-state index contributed by atoms with van der Waals surface area (Å²) in [5.74, 6) is 0.187. The number of amidine groups is 1. The summed E-state index contributed by atoms with van der Waals surface area (Å²) in [5.41, 5.74) is 0.160. The first-order valence-electron chi connectivity index (χ1n) is 8.43. The van der Waals surface area contributed by atoms with E-state index in [1.54, 1.807) is 47.0 Å². The van der Waals surface area contributed by atoms with E-state index in [4.69, 9.17) is 0 Å². The number of hydrogen-bond acceptors (Lipinski definition) is 6. The van der Waals surface area contributed by atoms with Crippen LogP contribution in [0, 0.1) is 5.21 Å². The van der Waals surface area contributed by atoms with E-state index >= 15 is 0 Å². The third-order valence-electron chi connectivity index (χ3n) is 5.37. The van der Waals surface area contributed by atoms with Crippen molar-refractivity contribution in [3.05, 3.63) is 65.3 Å². The van der Waals surface area contributed by atoms with E-state index in [9.17, 15) is 10.4 Å². The topological polar surface area (TPSA) is 49.2 Å². The molecule has 0 unspecified atom stereocenters. The van der Waals surface area contributed by atoms with Gasteiger partial charge < -0.3 is 5.21 Å². The van der Waals surface area contributed by atoms with E-state index in [1.807, 2.05) is 52.0 Å². The fourth-order valence-electron chi connectivity index (χ4n) is 2.90. The van der Waals surface area contributed by atoms with E-state index in [0.717, 1.165) is 15.4 Å². The second kappa shape index (κ2) is 6.84. The van der Waals surface area contributed by atoms with Gasteiger partial charge in [-0.2, -0.15) is 0 Å². The van der Waals surface area contributed by atoms with Gasteiger partial charge in [-0.3, -0.25) is 4.74 Å². The van der Waals surface area contributed by atoms with Crippen molar-refractivity contribution in [1.29, 1.82) is 0 Å². The summed E-state index contributed by atoms with van der Waals surface area (Å²) in [5, 5.41) is 32.8. The van der Waals surface area contributed by atoms with Crippen molar-refractivity contribution in [2.45, 2.75) is 38.8 Å². The molecular weight excluding hydrogens is 416 g/mol. The Morgan fingerprint density at radius 3 is 2.07 bits per heavy atom. The Morgan fingerprint density at radius 2 is 1.52 bits per heavy atom. The predicted octanol–water partition coefficient (Wildman–Crippen LogP) is 6.02. The molecule has 0 aliphatic carbocycles. The Morgan fingerprint density at radius 1 is 0.926 bits per heavy atom. The molecule has 0 atom stereocenters. The van der Waals surface area contributed by atoms with Crippen LogP contribution in [-0.4, -0.2) is 26.7 Å².